The van der Waals surface area contributed by atoms with Gasteiger partial charge in [-0.05, 0) is 32.8 Å². The van der Waals surface area contributed by atoms with Crippen LogP contribution in [0, 0.1) is 17.8 Å². The van der Waals surface area contributed by atoms with E-state index in [0.29, 0.717) is 5.92 Å². The minimum Gasteiger partial charge on any atom is -0.262 e. The van der Waals surface area contributed by atoms with E-state index in [1.165, 1.54) is 5.57 Å². The molecule has 0 spiro atoms. The Labute approximate surface area is 92.3 Å². The lowest BCUT2D eigenvalue weighted by molar-refractivity contribution is 0.823. The average Bonchev–Trinajstić information content (AvgIpc) is 2.27. The standard InChI is InChI=1S/C14H17N/c1-4-8-13-9-6-7-10-14(13)12(3)15-11-5-2/h5-7,10-11,13H,9H2,1-3H3/b11-5-,15-12?. The zero-order valence-electron chi connectivity index (χ0n) is 9.62. The van der Waals surface area contributed by atoms with Gasteiger partial charge in [-0.2, -0.15) is 0 Å². The van der Waals surface area contributed by atoms with Crippen molar-refractivity contribution in [1.82, 2.24) is 0 Å². The van der Waals surface area contributed by atoms with E-state index >= 15 is 0 Å². The van der Waals surface area contributed by atoms with E-state index in [-0.39, 0.29) is 0 Å². The summed E-state index contributed by atoms with van der Waals surface area (Å²) in [6.45, 7) is 5.89. The topological polar surface area (TPSA) is 12.4 Å². The summed E-state index contributed by atoms with van der Waals surface area (Å²) in [7, 11) is 0. The zero-order valence-corrected chi connectivity index (χ0v) is 9.62. The Morgan fingerprint density at radius 2 is 2.40 bits per heavy atom. The number of rotatable bonds is 2. The van der Waals surface area contributed by atoms with E-state index in [1.54, 1.807) is 0 Å². The second-order valence-electron chi connectivity index (χ2n) is 3.43. The van der Waals surface area contributed by atoms with E-state index < -0.39 is 0 Å². The molecule has 0 heterocycles. The normalized spacial score (nSPS) is 21.1. The van der Waals surface area contributed by atoms with Crippen LogP contribution < -0.4 is 0 Å². The summed E-state index contributed by atoms with van der Waals surface area (Å²) >= 11 is 0. The lowest BCUT2D eigenvalue weighted by Crippen LogP contribution is -2.10. The summed E-state index contributed by atoms with van der Waals surface area (Å²) in [6, 6.07) is 0. The van der Waals surface area contributed by atoms with Gasteiger partial charge < -0.3 is 0 Å². The van der Waals surface area contributed by atoms with Gasteiger partial charge in [0.05, 0.1) is 5.92 Å². The maximum absolute atomic E-state index is 4.36. The fraction of sp³-hybridized carbons (Fsp3) is 0.357. The zero-order chi connectivity index (χ0) is 11.1. The van der Waals surface area contributed by atoms with Crippen LogP contribution in [-0.4, -0.2) is 5.71 Å². The van der Waals surface area contributed by atoms with Crippen LogP contribution in [0.15, 0.2) is 41.1 Å². The molecule has 0 amide bonds. The van der Waals surface area contributed by atoms with Gasteiger partial charge in [-0.25, -0.2) is 0 Å². The molecule has 1 rings (SSSR count). The minimum atomic E-state index is 0.314. The lowest BCUT2D eigenvalue weighted by atomic mass is 9.89. The lowest BCUT2D eigenvalue weighted by Gasteiger charge is -2.15. The van der Waals surface area contributed by atoms with Gasteiger partial charge in [-0.1, -0.05) is 30.2 Å². The molecule has 0 radical (unpaired) electrons. The summed E-state index contributed by atoms with van der Waals surface area (Å²) in [5.74, 6) is 6.51. The van der Waals surface area contributed by atoms with Gasteiger partial charge in [0, 0.05) is 11.9 Å². The maximum Gasteiger partial charge on any atom is 0.0504 e. The van der Waals surface area contributed by atoms with Crippen molar-refractivity contribution in [2.24, 2.45) is 10.9 Å². The Morgan fingerprint density at radius 1 is 1.60 bits per heavy atom. The van der Waals surface area contributed by atoms with Gasteiger partial charge in [0.2, 0.25) is 0 Å². The Kier molecular flexibility index (Phi) is 4.63. The second kappa shape index (κ2) is 6.03. The van der Waals surface area contributed by atoms with Crippen molar-refractivity contribution in [3.8, 4) is 11.8 Å². The number of nitrogens with zero attached hydrogens (tertiary/aromatic N) is 1. The largest absolute Gasteiger partial charge is 0.262 e. The van der Waals surface area contributed by atoms with Gasteiger partial charge in [-0.15, -0.1) is 5.92 Å². The first kappa shape index (κ1) is 11.5. The molecular formula is C14H17N. The van der Waals surface area contributed by atoms with Gasteiger partial charge in [0.1, 0.15) is 0 Å². The number of aliphatic imine (C=N–C) groups is 1. The highest BCUT2D eigenvalue weighted by molar-refractivity contribution is 6.00. The maximum atomic E-state index is 4.36. The van der Waals surface area contributed by atoms with E-state index in [2.05, 4.69) is 35.1 Å². The second-order valence-corrected chi connectivity index (χ2v) is 3.43. The van der Waals surface area contributed by atoms with Crippen molar-refractivity contribution in [2.45, 2.75) is 27.2 Å². The summed E-state index contributed by atoms with van der Waals surface area (Å²) in [4.78, 5) is 4.36. The number of hydrogen-bond acceptors (Lipinski definition) is 1. The molecule has 0 aromatic carbocycles. The smallest absolute Gasteiger partial charge is 0.0504 e. The molecule has 78 valence electrons. The fourth-order valence-electron chi connectivity index (χ4n) is 1.57. The van der Waals surface area contributed by atoms with Crippen LogP contribution in [0.5, 0.6) is 0 Å². The van der Waals surface area contributed by atoms with Gasteiger partial charge in [-0.3, -0.25) is 4.99 Å². The minimum absolute atomic E-state index is 0.314. The van der Waals surface area contributed by atoms with E-state index in [9.17, 15) is 0 Å². The summed E-state index contributed by atoms with van der Waals surface area (Å²) in [6.07, 6.45) is 11.1. The Bertz CT molecular complexity index is 383. The van der Waals surface area contributed by atoms with Crippen LogP contribution in [0.2, 0.25) is 0 Å². The van der Waals surface area contributed by atoms with Crippen molar-refractivity contribution >= 4 is 5.71 Å². The fourth-order valence-corrected chi connectivity index (χ4v) is 1.57. The van der Waals surface area contributed by atoms with Gasteiger partial charge >= 0.3 is 0 Å². The molecular weight excluding hydrogens is 182 g/mol. The third-order valence-electron chi connectivity index (χ3n) is 2.31. The molecule has 0 N–H and O–H groups in total. The molecule has 0 aliphatic heterocycles. The highest BCUT2D eigenvalue weighted by Crippen LogP contribution is 2.21. The summed E-state index contributed by atoms with van der Waals surface area (Å²) < 4.78 is 0. The molecule has 0 aromatic rings. The molecule has 1 unspecified atom stereocenters. The highest BCUT2D eigenvalue weighted by Gasteiger charge is 2.14. The predicted molar refractivity (Wildman–Crippen MR) is 66.7 cm³/mol. The van der Waals surface area contributed by atoms with Crippen LogP contribution in [-0.2, 0) is 0 Å². The van der Waals surface area contributed by atoms with E-state index in [0.717, 1.165) is 12.1 Å². The van der Waals surface area contributed by atoms with E-state index in [1.807, 2.05) is 33.0 Å². The number of allylic oxidation sites excluding steroid dienone is 5. The molecule has 1 nitrogen and oxygen atoms in total. The first-order valence-corrected chi connectivity index (χ1v) is 5.24. The molecule has 0 saturated carbocycles. The molecule has 0 fully saturated rings. The Balaban J connectivity index is 2.92. The van der Waals surface area contributed by atoms with Crippen molar-refractivity contribution in [1.29, 1.82) is 0 Å². The third kappa shape index (κ3) is 3.25. The first-order chi connectivity index (χ1) is 7.29. The molecule has 15 heavy (non-hydrogen) atoms. The van der Waals surface area contributed by atoms with Crippen LogP contribution in [0.1, 0.15) is 27.2 Å². The van der Waals surface area contributed by atoms with Crippen molar-refractivity contribution in [3.05, 3.63) is 36.1 Å². The van der Waals surface area contributed by atoms with Crippen LogP contribution in [0.25, 0.3) is 0 Å². The first-order valence-electron chi connectivity index (χ1n) is 5.24. The molecule has 1 heteroatoms. The summed E-state index contributed by atoms with van der Waals surface area (Å²) in [5, 5.41) is 0. The molecule has 0 bridgehead atoms. The number of hydrogen-bond donors (Lipinski definition) is 0. The van der Waals surface area contributed by atoms with Crippen molar-refractivity contribution in [2.75, 3.05) is 0 Å². The Hall–Kier alpha value is -1.55. The van der Waals surface area contributed by atoms with Crippen molar-refractivity contribution < 1.29 is 0 Å². The van der Waals surface area contributed by atoms with Crippen LogP contribution >= 0.6 is 0 Å². The molecule has 0 aromatic heterocycles. The van der Waals surface area contributed by atoms with Crippen molar-refractivity contribution in [3.63, 3.8) is 0 Å². The third-order valence-corrected chi connectivity index (χ3v) is 2.31. The summed E-state index contributed by atoms with van der Waals surface area (Å²) in [5.41, 5.74) is 2.30. The van der Waals surface area contributed by atoms with Gasteiger partial charge in [0.15, 0.2) is 0 Å². The SMILES string of the molecule is CC#CC1CC=CC=C1C(C)=N/C=C\C. The van der Waals surface area contributed by atoms with Crippen LogP contribution in [0.3, 0.4) is 0 Å². The quantitative estimate of drug-likeness (QED) is 0.476. The Morgan fingerprint density at radius 3 is 3.07 bits per heavy atom. The molecule has 0 saturated heterocycles. The molecule has 1 aliphatic rings. The van der Waals surface area contributed by atoms with E-state index in [4.69, 9.17) is 0 Å². The van der Waals surface area contributed by atoms with Gasteiger partial charge in [0.25, 0.3) is 0 Å². The van der Waals surface area contributed by atoms with Crippen LogP contribution in [0.4, 0.5) is 0 Å². The average molecular weight is 199 g/mol. The monoisotopic (exact) mass is 199 g/mol. The molecule has 1 aliphatic carbocycles. The predicted octanol–water partition coefficient (Wildman–Crippen LogP) is 3.51. The molecule has 1 atom stereocenters. The highest BCUT2D eigenvalue weighted by atomic mass is 14.7.